The first-order valence-corrected chi connectivity index (χ1v) is 5.72. The highest BCUT2D eigenvalue weighted by molar-refractivity contribution is 6.33. The molecule has 0 aliphatic carbocycles. The fourth-order valence-electron chi connectivity index (χ4n) is 1.67. The van der Waals surface area contributed by atoms with Crippen molar-refractivity contribution in [3.05, 3.63) is 53.3 Å². The molecule has 0 amide bonds. The van der Waals surface area contributed by atoms with E-state index >= 15 is 0 Å². The van der Waals surface area contributed by atoms with E-state index in [4.69, 9.17) is 17.3 Å². The Hall–Kier alpha value is -1.58. The van der Waals surface area contributed by atoms with Crippen LogP contribution in [0, 0.1) is 0 Å². The van der Waals surface area contributed by atoms with Gasteiger partial charge < -0.3 is 10.6 Å². The van der Waals surface area contributed by atoms with Crippen LogP contribution in [0.5, 0.6) is 0 Å². The Morgan fingerprint density at radius 3 is 2.88 bits per heavy atom. The maximum absolute atomic E-state index is 6.11. The van der Waals surface area contributed by atoms with Crippen molar-refractivity contribution >= 4 is 23.0 Å². The molecule has 4 heteroatoms. The van der Waals surface area contributed by atoms with Gasteiger partial charge in [0, 0.05) is 31.7 Å². The minimum Gasteiger partial charge on any atom is -0.343 e. The number of hydrogen-bond acceptors (Lipinski definition) is 3. The van der Waals surface area contributed by atoms with Gasteiger partial charge in [-0.15, -0.1) is 0 Å². The molecule has 2 aromatic rings. The van der Waals surface area contributed by atoms with Gasteiger partial charge in [0.25, 0.3) is 0 Å². The maximum Gasteiger partial charge on any atom is 0.0826 e. The van der Waals surface area contributed by atoms with Gasteiger partial charge >= 0.3 is 0 Å². The molecular formula is C13H14ClN3. The largest absolute Gasteiger partial charge is 0.343 e. The van der Waals surface area contributed by atoms with Crippen molar-refractivity contribution in [3.63, 3.8) is 0 Å². The Morgan fingerprint density at radius 2 is 2.18 bits per heavy atom. The number of aromatic nitrogens is 1. The Kier molecular flexibility index (Phi) is 3.61. The van der Waals surface area contributed by atoms with Crippen LogP contribution in [0.25, 0.3) is 0 Å². The van der Waals surface area contributed by atoms with E-state index in [9.17, 15) is 0 Å². The first kappa shape index (κ1) is 11.9. The van der Waals surface area contributed by atoms with Gasteiger partial charge in [0.2, 0.25) is 0 Å². The smallest absolute Gasteiger partial charge is 0.0826 e. The maximum atomic E-state index is 6.11. The Bertz CT molecular complexity index is 514. The summed E-state index contributed by atoms with van der Waals surface area (Å²) in [7, 11) is 1.97. The van der Waals surface area contributed by atoms with Crippen molar-refractivity contribution in [1.82, 2.24) is 4.98 Å². The molecule has 17 heavy (non-hydrogen) atoms. The van der Waals surface area contributed by atoms with E-state index in [2.05, 4.69) is 11.1 Å². The zero-order valence-electron chi connectivity index (χ0n) is 9.60. The molecule has 1 heterocycles. The van der Waals surface area contributed by atoms with Crippen LogP contribution in [0.2, 0.25) is 5.02 Å². The Morgan fingerprint density at radius 1 is 1.35 bits per heavy atom. The molecule has 0 aliphatic rings. The van der Waals surface area contributed by atoms with E-state index in [1.165, 1.54) is 0 Å². The molecule has 3 nitrogen and oxygen atoms in total. The van der Waals surface area contributed by atoms with Gasteiger partial charge in [-0.05, 0) is 23.8 Å². The molecular weight excluding hydrogens is 234 g/mol. The third-order valence-electron chi connectivity index (χ3n) is 2.65. The highest BCUT2D eigenvalue weighted by Gasteiger charge is 2.07. The molecule has 0 atom stereocenters. The highest BCUT2D eigenvalue weighted by atomic mass is 35.5. The van der Waals surface area contributed by atoms with Crippen molar-refractivity contribution < 1.29 is 0 Å². The number of pyridine rings is 1. The average Bonchev–Trinajstić information content (AvgIpc) is 2.38. The zero-order chi connectivity index (χ0) is 12.3. The molecule has 0 spiro atoms. The first-order valence-electron chi connectivity index (χ1n) is 5.34. The molecule has 0 saturated heterocycles. The molecule has 0 bridgehead atoms. The molecule has 0 radical (unpaired) electrons. The molecule has 88 valence electrons. The number of benzene rings is 1. The summed E-state index contributed by atoms with van der Waals surface area (Å²) < 4.78 is 0. The second-order valence-electron chi connectivity index (χ2n) is 3.76. The summed E-state index contributed by atoms with van der Waals surface area (Å²) in [5.41, 5.74) is 8.71. The minimum atomic E-state index is 0.533. The van der Waals surface area contributed by atoms with Gasteiger partial charge in [-0.2, -0.15) is 0 Å². The molecule has 0 fully saturated rings. The van der Waals surface area contributed by atoms with Crippen LogP contribution in [0.3, 0.4) is 0 Å². The number of nitrogens with two attached hydrogens (primary N) is 1. The monoisotopic (exact) mass is 247 g/mol. The van der Waals surface area contributed by atoms with Gasteiger partial charge in [0.15, 0.2) is 0 Å². The van der Waals surface area contributed by atoms with Crippen molar-refractivity contribution in [1.29, 1.82) is 0 Å². The van der Waals surface area contributed by atoms with E-state index in [1.54, 1.807) is 12.4 Å². The van der Waals surface area contributed by atoms with Gasteiger partial charge in [0.05, 0.1) is 10.7 Å². The minimum absolute atomic E-state index is 0.533. The molecule has 0 aliphatic heterocycles. The van der Waals surface area contributed by atoms with E-state index in [0.29, 0.717) is 11.6 Å². The molecule has 1 aromatic carbocycles. The fraction of sp³-hybridized carbons (Fsp3) is 0.154. The van der Waals surface area contributed by atoms with E-state index < -0.39 is 0 Å². The van der Waals surface area contributed by atoms with Crippen molar-refractivity contribution in [2.75, 3.05) is 11.9 Å². The van der Waals surface area contributed by atoms with Crippen LogP contribution in [0.15, 0.2) is 42.7 Å². The lowest BCUT2D eigenvalue weighted by Gasteiger charge is -2.21. The molecule has 1 aromatic heterocycles. The summed E-state index contributed by atoms with van der Waals surface area (Å²) in [6.45, 7) is 0.533. The van der Waals surface area contributed by atoms with Crippen LogP contribution < -0.4 is 10.6 Å². The summed E-state index contributed by atoms with van der Waals surface area (Å²) in [5, 5.41) is 0.633. The first-order chi connectivity index (χ1) is 8.22. The van der Waals surface area contributed by atoms with E-state index in [0.717, 1.165) is 16.9 Å². The molecule has 0 unspecified atom stereocenters. The van der Waals surface area contributed by atoms with E-state index in [1.807, 2.05) is 36.2 Å². The number of nitrogens with zero attached hydrogens (tertiary/aromatic N) is 2. The topological polar surface area (TPSA) is 42.1 Å². The van der Waals surface area contributed by atoms with Crippen molar-refractivity contribution in [2.24, 2.45) is 5.73 Å². The van der Waals surface area contributed by atoms with Crippen LogP contribution in [-0.2, 0) is 6.54 Å². The summed E-state index contributed by atoms with van der Waals surface area (Å²) in [5.74, 6) is 0. The quantitative estimate of drug-likeness (QED) is 0.907. The number of hydrogen-bond donors (Lipinski definition) is 1. The SMILES string of the molecule is CN(c1cccc(CN)c1)c1ccncc1Cl. The number of halogens is 1. The van der Waals surface area contributed by atoms with Gasteiger partial charge in [-0.25, -0.2) is 0 Å². The summed E-state index contributed by atoms with van der Waals surface area (Å²) in [6, 6.07) is 9.96. The Balaban J connectivity index is 2.37. The normalized spacial score (nSPS) is 10.3. The summed E-state index contributed by atoms with van der Waals surface area (Å²) in [4.78, 5) is 5.99. The van der Waals surface area contributed by atoms with Crippen molar-refractivity contribution in [3.8, 4) is 0 Å². The summed E-state index contributed by atoms with van der Waals surface area (Å²) >= 11 is 6.11. The third kappa shape index (κ3) is 2.57. The molecule has 0 saturated carbocycles. The predicted molar refractivity (Wildman–Crippen MR) is 71.6 cm³/mol. The number of rotatable bonds is 3. The highest BCUT2D eigenvalue weighted by Crippen LogP contribution is 2.29. The Labute approximate surface area is 106 Å². The predicted octanol–water partition coefficient (Wildman–Crippen LogP) is 2.96. The second-order valence-corrected chi connectivity index (χ2v) is 4.17. The lowest BCUT2D eigenvalue weighted by Crippen LogP contribution is -2.10. The summed E-state index contributed by atoms with van der Waals surface area (Å²) in [6.07, 6.45) is 3.37. The van der Waals surface area contributed by atoms with Crippen molar-refractivity contribution in [2.45, 2.75) is 6.54 Å². The standard InChI is InChI=1S/C13H14ClN3/c1-17(13-5-6-16-9-12(13)14)11-4-2-3-10(7-11)8-15/h2-7,9H,8,15H2,1H3. The van der Waals surface area contributed by atoms with Crippen LogP contribution in [-0.4, -0.2) is 12.0 Å². The lowest BCUT2D eigenvalue weighted by molar-refractivity contribution is 1.06. The van der Waals surface area contributed by atoms with Crippen LogP contribution in [0.1, 0.15) is 5.56 Å². The van der Waals surface area contributed by atoms with Gasteiger partial charge in [-0.1, -0.05) is 23.7 Å². The fourth-order valence-corrected chi connectivity index (χ4v) is 1.92. The lowest BCUT2D eigenvalue weighted by atomic mass is 10.2. The second kappa shape index (κ2) is 5.17. The molecule has 2 rings (SSSR count). The van der Waals surface area contributed by atoms with Crippen LogP contribution in [0.4, 0.5) is 11.4 Å². The third-order valence-corrected chi connectivity index (χ3v) is 2.94. The number of anilines is 2. The molecule has 2 N–H and O–H groups in total. The zero-order valence-corrected chi connectivity index (χ0v) is 10.4. The van der Waals surface area contributed by atoms with Gasteiger partial charge in [-0.3, -0.25) is 4.98 Å². The van der Waals surface area contributed by atoms with Gasteiger partial charge in [0.1, 0.15) is 0 Å². The van der Waals surface area contributed by atoms with E-state index in [-0.39, 0.29) is 0 Å². The van der Waals surface area contributed by atoms with Crippen LogP contribution >= 0.6 is 11.6 Å². The average molecular weight is 248 g/mol.